The molecule has 26 heavy (non-hydrogen) atoms. The van der Waals surface area contributed by atoms with Crippen molar-refractivity contribution in [3.05, 3.63) is 0 Å². The van der Waals surface area contributed by atoms with E-state index in [4.69, 9.17) is 4.74 Å². The number of amides is 1. The number of carbonyl (C=O) groups excluding carboxylic acids is 1. The molecule has 1 aliphatic rings. The summed E-state index contributed by atoms with van der Waals surface area (Å²) in [6, 6.07) is 0.345. The van der Waals surface area contributed by atoms with Crippen LogP contribution in [0.15, 0.2) is 4.99 Å². The molecule has 1 amide bonds. The zero-order valence-corrected chi connectivity index (χ0v) is 19.9. The van der Waals surface area contributed by atoms with E-state index >= 15 is 0 Å². The summed E-state index contributed by atoms with van der Waals surface area (Å²) in [6.45, 7) is 14.3. The van der Waals surface area contributed by atoms with Gasteiger partial charge in [0.1, 0.15) is 0 Å². The first-order valence-electron chi connectivity index (χ1n) is 9.68. The molecular weight excluding hydrogens is 443 g/mol. The monoisotopic (exact) mass is 482 g/mol. The first-order chi connectivity index (χ1) is 11.8. The molecule has 0 saturated heterocycles. The molecule has 1 saturated carbocycles. The molecule has 7 heteroatoms. The van der Waals surface area contributed by atoms with Gasteiger partial charge in [0.25, 0.3) is 0 Å². The van der Waals surface area contributed by atoms with Crippen LogP contribution in [0.25, 0.3) is 0 Å². The van der Waals surface area contributed by atoms with Gasteiger partial charge in [0.2, 0.25) is 5.91 Å². The van der Waals surface area contributed by atoms with E-state index < -0.39 is 5.41 Å². The number of carbonyl (C=O) groups is 1. The van der Waals surface area contributed by atoms with Crippen molar-refractivity contribution in [2.45, 2.75) is 73.0 Å². The Kier molecular flexibility index (Phi) is 11.1. The molecule has 154 valence electrons. The molecule has 0 radical (unpaired) electrons. The highest BCUT2D eigenvalue weighted by molar-refractivity contribution is 14.0. The molecule has 0 bridgehead atoms. The summed E-state index contributed by atoms with van der Waals surface area (Å²) in [5, 5.41) is 9.76. The highest BCUT2D eigenvalue weighted by atomic mass is 127. The number of rotatable bonds is 9. The minimum atomic E-state index is -0.492. The van der Waals surface area contributed by atoms with E-state index in [1.54, 1.807) is 7.05 Å². The van der Waals surface area contributed by atoms with Crippen molar-refractivity contribution < 1.29 is 9.53 Å². The summed E-state index contributed by atoms with van der Waals surface area (Å²) in [6.07, 6.45) is 3.46. The molecular formula is C19H39IN4O2. The number of nitrogens with zero attached hydrogens (tertiary/aromatic N) is 1. The van der Waals surface area contributed by atoms with Gasteiger partial charge in [-0.25, -0.2) is 0 Å². The van der Waals surface area contributed by atoms with Crippen LogP contribution in [0.2, 0.25) is 0 Å². The van der Waals surface area contributed by atoms with Crippen molar-refractivity contribution >= 4 is 35.8 Å². The van der Waals surface area contributed by atoms with Crippen molar-refractivity contribution in [1.29, 1.82) is 0 Å². The van der Waals surface area contributed by atoms with Gasteiger partial charge in [-0.2, -0.15) is 0 Å². The number of hydrogen-bond donors (Lipinski definition) is 3. The summed E-state index contributed by atoms with van der Waals surface area (Å²) < 4.78 is 5.94. The predicted octanol–water partition coefficient (Wildman–Crippen LogP) is 2.92. The van der Waals surface area contributed by atoms with Crippen molar-refractivity contribution in [3.63, 3.8) is 0 Å². The minimum absolute atomic E-state index is 0. The SMILES string of the molecule is CCNC(=O)C(C)(C)CNC(=NC)NC1CC(OCC)C1(CC)CC.I. The molecule has 2 unspecified atom stereocenters. The Morgan fingerprint density at radius 1 is 1.19 bits per heavy atom. The van der Waals surface area contributed by atoms with E-state index in [9.17, 15) is 4.79 Å². The molecule has 1 aliphatic carbocycles. The molecule has 0 aromatic rings. The van der Waals surface area contributed by atoms with Crippen LogP contribution in [-0.2, 0) is 9.53 Å². The number of aliphatic imine (C=N–C) groups is 1. The third kappa shape index (κ3) is 5.71. The molecule has 0 aliphatic heterocycles. The normalized spacial score (nSPS) is 22.0. The Bertz CT molecular complexity index is 464. The van der Waals surface area contributed by atoms with Gasteiger partial charge in [-0.15, -0.1) is 24.0 Å². The van der Waals surface area contributed by atoms with Gasteiger partial charge in [0.05, 0.1) is 11.5 Å². The first kappa shape index (κ1) is 25.4. The van der Waals surface area contributed by atoms with Gasteiger partial charge in [-0.3, -0.25) is 9.79 Å². The third-order valence-corrected chi connectivity index (χ3v) is 5.65. The molecule has 6 nitrogen and oxygen atoms in total. The van der Waals surface area contributed by atoms with Crippen molar-refractivity contribution in [3.8, 4) is 0 Å². The standard InChI is InChI=1S/C19H38N4O2.HI/c1-8-19(9-2)14(12-15(19)25-11-4)23-17(20-7)22-13-18(5,6)16(24)21-10-3;/h14-15H,8-13H2,1-7H3,(H,21,24)(H2,20,22,23);1H. The summed E-state index contributed by atoms with van der Waals surface area (Å²) in [5.41, 5.74) is -0.337. The number of halogens is 1. The van der Waals surface area contributed by atoms with Crippen LogP contribution >= 0.6 is 24.0 Å². The van der Waals surface area contributed by atoms with Gasteiger partial charge in [0.15, 0.2) is 5.96 Å². The Labute approximate surface area is 176 Å². The topological polar surface area (TPSA) is 74.8 Å². The van der Waals surface area contributed by atoms with E-state index in [1.165, 1.54) is 0 Å². The number of hydrogen-bond acceptors (Lipinski definition) is 3. The van der Waals surface area contributed by atoms with Gasteiger partial charge >= 0.3 is 0 Å². The van der Waals surface area contributed by atoms with E-state index in [2.05, 4.69) is 41.7 Å². The van der Waals surface area contributed by atoms with Gasteiger partial charge in [-0.05, 0) is 47.0 Å². The number of ether oxygens (including phenoxy) is 1. The highest BCUT2D eigenvalue weighted by Crippen LogP contribution is 2.48. The lowest BCUT2D eigenvalue weighted by molar-refractivity contribution is -0.133. The van der Waals surface area contributed by atoms with E-state index in [0.29, 0.717) is 25.2 Å². The zero-order chi connectivity index (χ0) is 19.1. The fourth-order valence-electron chi connectivity index (χ4n) is 3.73. The minimum Gasteiger partial charge on any atom is -0.378 e. The van der Waals surface area contributed by atoms with Gasteiger partial charge in [0, 0.05) is 38.2 Å². The summed E-state index contributed by atoms with van der Waals surface area (Å²) in [7, 11) is 1.77. The molecule has 0 spiro atoms. The van der Waals surface area contributed by atoms with E-state index in [-0.39, 0.29) is 35.3 Å². The first-order valence-corrected chi connectivity index (χ1v) is 9.68. The second-order valence-electron chi connectivity index (χ2n) is 7.49. The molecule has 0 aromatic carbocycles. The van der Waals surface area contributed by atoms with Crippen LogP contribution in [0.3, 0.4) is 0 Å². The summed E-state index contributed by atoms with van der Waals surface area (Å²) >= 11 is 0. The molecule has 1 rings (SSSR count). The Balaban J connectivity index is 0.00000625. The van der Waals surface area contributed by atoms with E-state index in [1.807, 2.05) is 20.8 Å². The zero-order valence-electron chi connectivity index (χ0n) is 17.6. The highest BCUT2D eigenvalue weighted by Gasteiger charge is 2.53. The lowest BCUT2D eigenvalue weighted by Crippen LogP contribution is -2.66. The predicted molar refractivity (Wildman–Crippen MR) is 119 cm³/mol. The van der Waals surface area contributed by atoms with Crippen LogP contribution < -0.4 is 16.0 Å². The van der Waals surface area contributed by atoms with Crippen LogP contribution in [0.4, 0.5) is 0 Å². The maximum Gasteiger partial charge on any atom is 0.227 e. The average molecular weight is 482 g/mol. The second-order valence-corrected chi connectivity index (χ2v) is 7.49. The quantitative estimate of drug-likeness (QED) is 0.269. The second kappa shape index (κ2) is 11.3. The molecule has 3 N–H and O–H groups in total. The van der Waals surface area contributed by atoms with Crippen molar-refractivity contribution in [2.24, 2.45) is 15.8 Å². The lowest BCUT2D eigenvalue weighted by atomic mass is 9.58. The van der Waals surface area contributed by atoms with Crippen LogP contribution in [0.1, 0.15) is 60.8 Å². The molecule has 0 aromatic heterocycles. The fourth-order valence-corrected chi connectivity index (χ4v) is 3.73. The Morgan fingerprint density at radius 2 is 1.81 bits per heavy atom. The maximum absolute atomic E-state index is 12.1. The fraction of sp³-hybridized carbons (Fsp3) is 0.895. The lowest BCUT2D eigenvalue weighted by Gasteiger charge is -2.55. The number of guanidine groups is 1. The van der Waals surface area contributed by atoms with Gasteiger partial charge in [-0.1, -0.05) is 13.8 Å². The maximum atomic E-state index is 12.1. The molecule has 0 heterocycles. The van der Waals surface area contributed by atoms with Crippen molar-refractivity contribution in [1.82, 2.24) is 16.0 Å². The van der Waals surface area contributed by atoms with Crippen LogP contribution in [-0.4, -0.2) is 50.8 Å². The number of nitrogens with one attached hydrogen (secondary N) is 3. The van der Waals surface area contributed by atoms with E-state index in [0.717, 1.165) is 31.8 Å². The summed E-state index contributed by atoms with van der Waals surface area (Å²) in [4.78, 5) is 16.5. The summed E-state index contributed by atoms with van der Waals surface area (Å²) in [5.74, 6) is 0.804. The largest absolute Gasteiger partial charge is 0.378 e. The van der Waals surface area contributed by atoms with Crippen LogP contribution in [0, 0.1) is 10.8 Å². The van der Waals surface area contributed by atoms with Gasteiger partial charge < -0.3 is 20.7 Å². The van der Waals surface area contributed by atoms with Crippen LogP contribution in [0.5, 0.6) is 0 Å². The smallest absolute Gasteiger partial charge is 0.227 e. The Hall–Kier alpha value is -0.570. The molecule has 1 fully saturated rings. The average Bonchev–Trinajstić information content (AvgIpc) is 2.58. The third-order valence-electron chi connectivity index (χ3n) is 5.65. The van der Waals surface area contributed by atoms with Crippen molar-refractivity contribution in [2.75, 3.05) is 26.7 Å². The Morgan fingerprint density at radius 3 is 2.27 bits per heavy atom. The molecule has 2 atom stereocenters.